The summed E-state index contributed by atoms with van der Waals surface area (Å²) in [6, 6.07) is 10.1. The van der Waals surface area contributed by atoms with Gasteiger partial charge in [-0.3, -0.25) is 4.79 Å². The van der Waals surface area contributed by atoms with Crippen molar-refractivity contribution in [3.05, 3.63) is 52.7 Å². The fraction of sp³-hybridized carbons (Fsp3) is 0.238. The predicted molar refractivity (Wildman–Crippen MR) is 106 cm³/mol. The molecule has 11 nitrogen and oxygen atoms in total. The van der Waals surface area contributed by atoms with Crippen LogP contribution < -0.4 is 10.2 Å². The summed E-state index contributed by atoms with van der Waals surface area (Å²) in [5.41, 5.74) is -0.737. The van der Waals surface area contributed by atoms with Crippen LogP contribution in [0.3, 0.4) is 0 Å². The Balaban J connectivity index is 1.88. The van der Waals surface area contributed by atoms with Crippen molar-refractivity contribution in [1.29, 1.82) is 0 Å². The van der Waals surface area contributed by atoms with E-state index in [1.807, 2.05) is 0 Å². The van der Waals surface area contributed by atoms with Crippen molar-refractivity contribution < 1.29 is 49.3 Å². The van der Waals surface area contributed by atoms with Crippen LogP contribution >= 0.6 is 0 Å². The number of aliphatic hydroxyl groups is 3. The van der Waals surface area contributed by atoms with E-state index in [0.29, 0.717) is 5.56 Å². The topological polar surface area (TPSA) is 187 Å². The number of aliphatic carboxylic acids is 1. The van der Waals surface area contributed by atoms with Gasteiger partial charge in [0, 0.05) is 17.7 Å². The standard InChI is InChI=1S/C21H18O11/c22-9-6-10(23)12-11(7-9)30-17(8-4-2-1-3-5-8)18(13(12)24)31-21-16(27)14(25)15(26)19(32-21)20(28)29/h1-7,14-16,19,21-23,25-27H,(H,28,29)/t14-,15-,16+,19-,21?/m0/s1. The Morgan fingerprint density at radius 2 is 1.66 bits per heavy atom. The monoisotopic (exact) mass is 446 g/mol. The number of ether oxygens (including phenoxy) is 2. The Morgan fingerprint density at radius 3 is 2.31 bits per heavy atom. The van der Waals surface area contributed by atoms with Crippen LogP contribution in [-0.2, 0) is 9.53 Å². The molecule has 0 saturated carbocycles. The minimum absolute atomic E-state index is 0.164. The number of phenolic OH excluding ortho intramolecular Hbond substituents is 2. The van der Waals surface area contributed by atoms with Gasteiger partial charge in [-0.25, -0.2) is 4.79 Å². The first kappa shape index (κ1) is 21.6. The van der Waals surface area contributed by atoms with Gasteiger partial charge in [-0.1, -0.05) is 30.3 Å². The van der Waals surface area contributed by atoms with Crippen LogP contribution in [-0.4, -0.2) is 67.3 Å². The van der Waals surface area contributed by atoms with Gasteiger partial charge >= 0.3 is 5.97 Å². The maximum Gasteiger partial charge on any atom is 0.335 e. The summed E-state index contributed by atoms with van der Waals surface area (Å²) in [7, 11) is 0. The molecule has 5 atom stereocenters. The second-order valence-electron chi connectivity index (χ2n) is 7.15. The number of aromatic hydroxyl groups is 2. The maximum atomic E-state index is 13.2. The first-order valence-corrected chi connectivity index (χ1v) is 9.36. The molecule has 32 heavy (non-hydrogen) atoms. The van der Waals surface area contributed by atoms with Crippen molar-refractivity contribution in [2.45, 2.75) is 30.7 Å². The zero-order valence-electron chi connectivity index (χ0n) is 16.2. The summed E-state index contributed by atoms with van der Waals surface area (Å²) in [4.78, 5) is 24.6. The van der Waals surface area contributed by atoms with Crippen LogP contribution in [0.5, 0.6) is 17.2 Å². The Kier molecular flexibility index (Phi) is 5.48. The van der Waals surface area contributed by atoms with E-state index in [-0.39, 0.29) is 22.5 Å². The zero-order chi connectivity index (χ0) is 23.2. The van der Waals surface area contributed by atoms with Gasteiger partial charge in [0.15, 0.2) is 11.9 Å². The number of phenols is 2. The minimum Gasteiger partial charge on any atom is -0.508 e. The van der Waals surface area contributed by atoms with Gasteiger partial charge in [0.25, 0.3) is 0 Å². The lowest BCUT2D eigenvalue weighted by atomic mass is 9.99. The van der Waals surface area contributed by atoms with Gasteiger partial charge in [-0.15, -0.1) is 0 Å². The number of carbonyl (C=O) groups is 1. The van der Waals surface area contributed by atoms with E-state index < -0.39 is 53.6 Å². The number of carboxylic acid groups (broad SMARTS) is 1. The van der Waals surface area contributed by atoms with E-state index in [1.165, 1.54) is 0 Å². The van der Waals surface area contributed by atoms with E-state index in [9.17, 15) is 40.2 Å². The molecule has 2 heterocycles. The van der Waals surface area contributed by atoms with E-state index in [4.69, 9.17) is 13.9 Å². The second-order valence-corrected chi connectivity index (χ2v) is 7.15. The maximum absolute atomic E-state index is 13.2. The summed E-state index contributed by atoms with van der Waals surface area (Å²) in [6.07, 6.45) is -9.65. The molecule has 0 aliphatic carbocycles. The number of hydrogen-bond acceptors (Lipinski definition) is 10. The molecule has 0 bridgehead atoms. The van der Waals surface area contributed by atoms with Crippen molar-refractivity contribution in [3.63, 3.8) is 0 Å². The number of aliphatic hydroxyl groups excluding tert-OH is 3. The number of rotatable bonds is 4. The van der Waals surface area contributed by atoms with Crippen molar-refractivity contribution in [3.8, 4) is 28.6 Å². The summed E-state index contributed by atoms with van der Waals surface area (Å²) in [5, 5.41) is 58.9. The molecule has 0 spiro atoms. The molecule has 6 N–H and O–H groups in total. The van der Waals surface area contributed by atoms with Gasteiger partial charge in [-0.2, -0.15) is 0 Å². The summed E-state index contributed by atoms with van der Waals surface area (Å²) in [5.74, 6) is -3.32. The fourth-order valence-corrected chi connectivity index (χ4v) is 3.42. The molecule has 1 fully saturated rings. The lowest BCUT2D eigenvalue weighted by molar-refractivity contribution is -0.271. The van der Waals surface area contributed by atoms with Gasteiger partial charge in [0.05, 0.1) is 0 Å². The van der Waals surface area contributed by atoms with Crippen LogP contribution in [0.25, 0.3) is 22.3 Å². The molecule has 4 rings (SSSR count). The Morgan fingerprint density at radius 1 is 0.969 bits per heavy atom. The third kappa shape index (κ3) is 3.63. The largest absolute Gasteiger partial charge is 0.508 e. The van der Waals surface area contributed by atoms with Gasteiger partial charge in [0.1, 0.15) is 40.8 Å². The Hall–Kier alpha value is -3.64. The van der Waals surface area contributed by atoms with Gasteiger partial charge in [-0.05, 0) is 0 Å². The van der Waals surface area contributed by atoms with Crippen molar-refractivity contribution >= 4 is 16.9 Å². The van der Waals surface area contributed by atoms with E-state index in [0.717, 1.165) is 12.1 Å². The summed E-state index contributed by atoms with van der Waals surface area (Å²) < 4.78 is 16.3. The molecular formula is C21H18O11. The normalized spacial score (nSPS) is 25.5. The second kappa shape index (κ2) is 8.13. The number of carboxylic acids is 1. The molecule has 1 aromatic heterocycles. The van der Waals surface area contributed by atoms with Gasteiger partial charge < -0.3 is 44.5 Å². The third-order valence-corrected chi connectivity index (χ3v) is 5.00. The van der Waals surface area contributed by atoms with Crippen LogP contribution in [0.2, 0.25) is 0 Å². The molecule has 1 aliphatic rings. The first-order valence-electron chi connectivity index (χ1n) is 9.36. The minimum atomic E-state index is -1.95. The van der Waals surface area contributed by atoms with Crippen LogP contribution in [0.15, 0.2) is 51.7 Å². The number of fused-ring (bicyclic) bond motifs is 1. The lowest BCUT2D eigenvalue weighted by Crippen LogP contribution is -2.61. The van der Waals surface area contributed by atoms with Crippen LogP contribution in [0, 0.1) is 0 Å². The predicted octanol–water partition coefficient (Wildman–Crippen LogP) is 0.142. The number of benzene rings is 2. The van der Waals surface area contributed by atoms with Crippen molar-refractivity contribution in [1.82, 2.24) is 0 Å². The number of hydrogen-bond donors (Lipinski definition) is 6. The highest BCUT2D eigenvalue weighted by molar-refractivity contribution is 5.88. The SMILES string of the molecule is O=C(O)[C@H]1OC(Oc2c(-c3ccccc3)oc3cc(O)cc(O)c3c2=O)[C@H](O)[C@@H](O)[C@@H]1O. The molecule has 168 valence electrons. The van der Waals surface area contributed by atoms with E-state index >= 15 is 0 Å². The average Bonchev–Trinajstić information content (AvgIpc) is 2.75. The highest BCUT2D eigenvalue weighted by atomic mass is 16.7. The van der Waals surface area contributed by atoms with E-state index in [1.54, 1.807) is 30.3 Å². The van der Waals surface area contributed by atoms with Crippen molar-refractivity contribution in [2.75, 3.05) is 0 Å². The fourth-order valence-electron chi connectivity index (χ4n) is 3.42. The van der Waals surface area contributed by atoms with Gasteiger partial charge in [0.2, 0.25) is 17.5 Å². The zero-order valence-corrected chi connectivity index (χ0v) is 16.2. The molecule has 2 aromatic carbocycles. The summed E-state index contributed by atoms with van der Waals surface area (Å²) in [6.45, 7) is 0. The third-order valence-electron chi connectivity index (χ3n) is 5.00. The molecule has 11 heteroatoms. The molecule has 1 saturated heterocycles. The molecule has 0 radical (unpaired) electrons. The van der Waals surface area contributed by atoms with Crippen LogP contribution in [0.4, 0.5) is 0 Å². The average molecular weight is 446 g/mol. The highest BCUT2D eigenvalue weighted by Crippen LogP contribution is 2.36. The lowest BCUT2D eigenvalue weighted by Gasteiger charge is -2.38. The Labute approximate surface area is 178 Å². The molecule has 3 aromatic rings. The Bertz CT molecular complexity index is 1220. The molecule has 1 unspecified atom stereocenters. The molecular weight excluding hydrogens is 428 g/mol. The molecule has 1 aliphatic heterocycles. The van der Waals surface area contributed by atoms with Crippen molar-refractivity contribution in [2.24, 2.45) is 0 Å². The summed E-state index contributed by atoms with van der Waals surface area (Å²) >= 11 is 0. The smallest absolute Gasteiger partial charge is 0.335 e. The quantitative estimate of drug-likeness (QED) is 0.320. The highest BCUT2D eigenvalue weighted by Gasteiger charge is 2.48. The van der Waals surface area contributed by atoms with E-state index in [2.05, 4.69) is 0 Å². The first-order chi connectivity index (χ1) is 15.2. The van der Waals surface area contributed by atoms with Crippen LogP contribution in [0.1, 0.15) is 0 Å². The molecule has 0 amide bonds.